The third kappa shape index (κ3) is 5.35. The molecule has 3 aromatic carbocycles. The van der Waals surface area contributed by atoms with E-state index in [4.69, 9.17) is 9.84 Å². The number of nitriles is 1. The average Bonchev–Trinajstić information content (AvgIpc) is 2.71. The van der Waals surface area contributed by atoms with E-state index >= 15 is 0 Å². The first-order valence-electron chi connectivity index (χ1n) is 8.69. The number of carboxylic acid groups (broad SMARTS) is 1. The van der Waals surface area contributed by atoms with Crippen LogP contribution >= 0.6 is 31.9 Å². The maximum atomic E-state index is 13.5. The summed E-state index contributed by atoms with van der Waals surface area (Å²) >= 11 is 6.95. The van der Waals surface area contributed by atoms with Crippen LogP contribution in [0.25, 0.3) is 11.6 Å². The number of hydrogen-bond donors (Lipinski definition) is 1. The Bertz CT molecular complexity index is 1140. The van der Waals surface area contributed by atoms with Crippen LogP contribution in [-0.2, 0) is 6.61 Å². The van der Waals surface area contributed by atoms with Crippen molar-refractivity contribution >= 4 is 49.5 Å². The zero-order chi connectivity index (χ0) is 21.7. The second-order valence-corrected chi connectivity index (χ2v) is 7.99. The molecule has 0 unspecified atom stereocenters. The standard InChI is InChI=1S/C23H14Br2FNO3/c24-20-9-15(8-18(12-27)17-2-1-3-19(26)11-17)10-21(25)22(20)30-13-14-4-6-16(7-5-14)23(28)29/h1-11H,13H2,(H,28,29)/b18-8-. The van der Waals surface area contributed by atoms with Crippen molar-refractivity contribution in [2.75, 3.05) is 0 Å². The predicted molar refractivity (Wildman–Crippen MR) is 119 cm³/mol. The number of rotatable bonds is 6. The van der Waals surface area contributed by atoms with Crippen LogP contribution in [-0.4, -0.2) is 11.1 Å². The van der Waals surface area contributed by atoms with Crippen LogP contribution < -0.4 is 4.74 Å². The van der Waals surface area contributed by atoms with Gasteiger partial charge in [-0.3, -0.25) is 0 Å². The van der Waals surface area contributed by atoms with Gasteiger partial charge in [-0.1, -0.05) is 24.3 Å². The molecule has 0 fully saturated rings. The van der Waals surface area contributed by atoms with Crippen molar-refractivity contribution in [3.05, 3.63) is 97.7 Å². The van der Waals surface area contributed by atoms with Crippen LogP contribution in [0.4, 0.5) is 4.39 Å². The Morgan fingerprint density at radius 1 is 1.07 bits per heavy atom. The van der Waals surface area contributed by atoms with Crippen molar-refractivity contribution in [2.45, 2.75) is 6.61 Å². The quantitative estimate of drug-likeness (QED) is 0.284. The monoisotopic (exact) mass is 529 g/mol. The SMILES string of the molecule is N#C/C(=C/c1cc(Br)c(OCc2ccc(C(=O)O)cc2)c(Br)c1)c1cccc(F)c1. The third-order valence-electron chi connectivity index (χ3n) is 4.17. The van der Waals surface area contributed by atoms with Crippen LogP contribution in [0.5, 0.6) is 5.75 Å². The minimum atomic E-state index is -0.980. The summed E-state index contributed by atoms with van der Waals surface area (Å²) in [5, 5.41) is 18.4. The van der Waals surface area contributed by atoms with E-state index in [0.717, 1.165) is 11.1 Å². The smallest absolute Gasteiger partial charge is 0.335 e. The van der Waals surface area contributed by atoms with Gasteiger partial charge in [0.1, 0.15) is 18.2 Å². The summed E-state index contributed by atoms with van der Waals surface area (Å²) in [5.74, 6) is -0.818. The molecule has 0 spiro atoms. The lowest BCUT2D eigenvalue weighted by molar-refractivity contribution is 0.0697. The first-order chi connectivity index (χ1) is 14.4. The largest absolute Gasteiger partial charge is 0.487 e. The normalized spacial score (nSPS) is 11.1. The molecule has 4 nitrogen and oxygen atoms in total. The first-order valence-corrected chi connectivity index (χ1v) is 10.3. The Hall–Kier alpha value is -2.95. The van der Waals surface area contributed by atoms with E-state index in [-0.39, 0.29) is 12.2 Å². The number of hydrogen-bond acceptors (Lipinski definition) is 3. The number of allylic oxidation sites excluding steroid dienone is 1. The van der Waals surface area contributed by atoms with Crippen molar-refractivity contribution in [2.24, 2.45) is 0 Å². The molecular formula is C23H14Br2FNO3. The number of benzene rings is 3. The van der Waals surface area contributed by atoms with Gasteiger partial charge in [0.2, 0.25) is 0 Å². The molecule has 1 N–H and O–H groups in total. The molecule has 0 saturated carbocycles. The molecule has 0 aromatic heterocycles. The highest BCUT2D eigenvalue weighted by molar-refractivity contribution is 9.11. The van der Waals surface area contributed by atoms with Gasteiger partial charge in [-0.15, -0.1) is 0 Å². The summed E-state index contributed by atoms with van der Waals surface area (Å²) < 4.78 is 20.7. The molecule has 0 heterocycles. The van der Waals surface area contributed by atoms with E-state index in [2.05, 4.69) is 37.9 Å². The van der Waals surface area contributed by atoms with Gasteiger partial charge in [0.15, 0.2) is 0 Å². The zero-order valence-electron chi connectivity index (χ0n) is 15.4. The molecule has 0 aliphatic heterocycles. The molecular weight excluding hydrogens is 517 g/mol. The summed E-state index contributed by atoms with van der Waals surface area (Å²) in [6.45, 7) is 0.249. The van der Waals surface area contributed by atoms with E-state index in [1.165, 1.54) is 24.3 Å². The van der Waals surface area contributed by atoms with E-state index in [1.54, 1.807) is 42.5 Å². The van der Waals surface area contributed by atoms with Gasteiger partial charge in [0, 0.05) is 0 Å². The minimum Gasteiger partial charge on any atom is -0.487 e. The Morgan fingerprint density at radius 3 is 2.30 bits per heavy atom. The van der Waals surface area contributed by atoms with Crippen LogP contribution in [0.15, 0.2) is 69.6 Å². The molecule has 0 saturated heterocycles. The summed E-state index contributed by atoms with van der Waals surface area (Å²) in [7, 11) is 0. The Balaban J connectivity index is 1.81. The van der Waals surface area contributed by atoms with Crippen molar-refractivity contribution in [1.29, 1.82) is 5.26 Å². The number of carboxylic acids is 1. The molecule has 30 heavy (non-hydrogen) atoms. The first kappa shape index (κ1) is 21.8. The Kier molecular flexibility index (Phi) is 7.03. The van der Waals surface area contributed by atoms with Crippen molar-refractivity contribution in [1.82, 2.24) is 0 Å². The zero-order valence-corrected chi connectivity index (χ0v) is 18.6. The van der Waals surface area contributed by atoms with E-state index in [1.807, 2.05) is 0 Å². The summed E-state index contributed by atoms with van der Waals surface area (Å²) in [6.07, 6.45) is 1.67. The molecule has 7 heteroatoms. The van der Waals surface area contributed by atoms with Crippen LogP contribution in [0.1, 0.15) is 27.0 Å². The van der Waals surface area contributed by atoms with Crippen LogP contribution in [0.3, 0.4) is 0 Å². The number of halogens is 3. The maximum absolute atomic E-state index is 13.5. The molecule has 0 atom stereocenters. The summed E-state index contributed by atoms with van der Waals surface area (Å²) in [5.41, 5.74) is 2.59. The van der Waals surface area contributed by atoms with Crippen LogP contribution in [0.2, 0.25) is 0 Å². The second-order valence-electron chi connectivity index (χ2n) is 6.28. The fraction of sp³-hybridized carbons (Fsp3) is 0.0435. The molecule has 0 amide bonds. The second kappa shape index (κ2) is 9.70. The lowest BCUT2D eigenvalue weighted by atomic mass is 10.0. The van der Waals surface area contributed by atoms with Gasteiger partial charge in [0.05, 0.1) is 26.2 Å². The number of ether oxygens (including phenoxy) is 1. The van der Waals surface area contributed by atoms with Gasteiger partial charge >= 0.3 is 5.97 Å². The van der Waals surface area contributed by atoms with E-state index in [0.29, 0.717) is 25.8 Å². The lowest BCUT2D eigenvalue weighted by Gasteiger charge is -2.12. The van der Waals surface area contributed by atoms with Gasteiger partial charge in [-0.05, 0) is 91.0 Å². The molecule has 3 aromatic rings. The number of nitrogens with zero attached hydrogens (tertiary/aromatic N) is 1. The van der Waals surface area contributed by atoms with Gasteiger partial charge in [-0.2, -0.15) is 5.26 Å². The van der Waals surface area contributed by atoms with Crippen molar-refractivity contribution in [3.8, 4) is 11.8 Å². The maximum Gasteiger partial charge on any atom is 0.335 e. The van der Waals surface area contributed by atoms with Crippen LogP contribution in [0, 0.1) is 17.1 Å². The molecule has 3 rings (SSSR count). The van der Waals surface area contributed by atoms with Crippen molar-refractivity contribution < 1.29 is 19.0 Å². The molecule has 150 valence electrons. The fourth-order valence-corrected chi connectivity index (χ4v) is 4.15. The van der Waals surface area contributed by atoms with Gasteiger partial charge < -0.3 is 9.84 Å². The van der Waals surface area contributed by atoms with E-state index in [9.17, 15) is 14.4 Å². The molecule has 0 radical (unpaired) electrons. The topological polar surface area (TPSA) is 70.3 Å². The molecule has 0 aliphatic rings. The Morgan fingerprint density at radius 2 is 1.73 bits per heavy atom. The van der Waals surface area contributed by atoms with Crippen molar-refractivity contribution in [3.63, 3.8) is 0 Å². The minimum absolute atomic E-state index is 0.212. The molecule has 0 bridgehead atoms. The van der Waals surface area contributed by atoms with E-state index < -0.39 is 11.8 Å². The Labute approximate surface area is 189 Å². The number of aromatic carboxylic acids is 1. The molecule has 0 aliphatic carbocycles. The highest BCUT2D eigenvalue weighted by atomic mass is 79.9. The predicted octanol–water partition coefficient (Wildman–Crippen LogP) is 6.69. The summed E-state index contributed by atoms with van der Waals surface area (Å²) in [4.78, 5) is 10.9. The average molecular weight is 531 g/mol. The summed E-state index contributed by atoms with van der Waals surface area (Å²) in [6, 6.07) is 18.0. The van der Waals surface area contributed by atoms with Gasteiger partial charge in [0.25, 0.3) is 0 Å². The highest BCUT2D eigenvalue weighted by Gasteiger charge is 2.11. The third-order valence-corrected chi connectivity index (χ3v) is 5.35. The fourth-order valence-electron chi connectivity index (χ4n) is 2.70. The lowest BCUT2D eigenvalue weighted by Crippen LogP contribution is -2.00. The number of carbonyl (C=O) groups is 1. The van der Waals surface area contributed by atoms with Gasteiger partial charge in [-0.25, -0.2) is 9.18 Å². The highest BCUT2D eigenvalue weighted by Crippen LogP contribution is 2.36.